The predicted molar refractivity (Wildman–Crippen MR) is 122 cm³/mol. The summed E-state index contributed by atoms with van der Waals surface area (Å²) in [6, 6.07) is 9.02. The van der Waals surface area contributed by atoms with Gasteiger partial charge in [-0.25, -0.2) is 8.42 Å². The number of sulfone groups is 1. The zero-order chi connectivity index (χ0) is 21.5. The molecule has 0 saturated carbocycles. The first-order valence-electron chi connectivity index (χ1n) is 10.5. The second-order valence-electron chi connectivity index (χ2n) is 9.09. The Labute approximate surface area is 177 Å². The molecule has 29 heavy (non-hydrogen) atoms. The third kappa shape index (κ3) is 8.74. The van der Waals surface area contributed by atoms with Crippen molar-refractivity contribution in [1.29, 1.82) is 0 Å². The third-order valence-electron chi connectivity index (χ3n) is 5.69. The van der Waals surface area contributed by atoms with E-state index in [9.17, 15) is 8.42 Å². The number of nitrogens with zero attached hydrogens (tertiary/aromatic N) is 2. The van der Waals surface area contributed by atoms with Gasteiger partial charge in [-0.3, -0.25) is 9.89 Å². The second-order valence-corrected chi connectivity index (χ2v) is 11.4. The van der Waals surface area contributed by atoms with Crippen LogP contribution in [0.25, 0.3) is 0 Å². The van der Waals surface area contributed by atoms with E-state index < -0.39 is 9.84 Å². The minimum Gasteiger partial charge on any atom is -0.356 e. The smallest absolute Gasteiger partial charge is 0.191 e. The summed E-state index contributed by atoms with van der Waals surface area (Å²) in [5.74, 6) is 1.02. The van der Waals surface area contributed by atoms with Gasteiger partial charge in [-0.1, -0.05) is 38.1 Å². The van der Waals surface area contributed by atoms with E-state index in [4.69, 9.17) is 0 Å². The van der Waals surface area contributed by atoms with Gasteiger partial charge in [0, 0.05) is 45.5 Å². The summed E-state index contributed by atoms with van der Waals surface area (Å²) in [6.07, 6.45) is 4.10. The van der Waals surface area contributed by atoms with Crippen molar-refractivity contribution < 1.29 is 8.42 Å². The Morgan fingerprint density at radius 1 is 1.24 bits per heavy atom. The summed E-state index contributed by atoms with van der Waals surface area (Å²) in [5, 5.41) is 6.92. The van der Waals surface area contributed by atoms with Crippen LogP contribution in [-0.4, -0.2) is 64.0 Å². The Morgan fingerprint density at radius 3 is 2.48 bits per heavy atom. The lowest BCUT2D eigenvalue weighted by molar-refractivity contribution is 0.198. The van der Waals surface area contributed by atoms with E-state index in [1.807, 2.05) is 0 Å². The third-order valence-corrected chi connectivity index (χ3v) is 6.64. The lowest BCUT2D eigenvalue weighted by atomic mass is 9.90. The molecule has 0 aliphatic carbocycles. The van der Waals surface area contributed by atoms with Gasteiger partial charge < -0.3 is 10.6 Å². The zero-order valence-electron chi connectivity index (χ0n) is 18.7. The fraction of sp³-hybridized carbons (Fsp3) is 0.682. The standard InChI is InChI=1S/C22H38N4O2S/c1-18-8-6-7-9-19(18)16-26-13-10-20(11-14-26)25-21(23-4)24-17-22(2,3)12-15-29(5,27)28/h6-9,20H,10-17H2,1-5H3,(H2,23,24,25). The number of nitrogens with one attached hydrogen (secondary N) is 2. The number of hydrogen-bond acceptors (Lipinski definition) is 4. The Hall–Kier alpha value is -1.60. The zero-order valence-corrected chi connectivity index (χ0v) is 19.5. The highest BCUT2D eigenvalue weighted by molar-refractivity contribution is 7.90. The van der Waals surface area contributed by atoms with Crippen LogP contribution in [0, 0.1) is 12.3 Å². The van der Waals surface area contributed by atoms with Gasteiger partial charge >= 0.3 is 0 Å². The van der Waals surface area contributed by atoms with Gasteiger partial charge in [-0.2, -0.15) is 0 Å². The van der Waals surface area contributed by atoms with Crippen LogP contribution >= 0.6 is 0 Å². The highest BCUT2D eigenvalue weighted by atomic mass is 32.2. The maximum absolute atomic E-state index is 11.4. The van der Waals surface area contributed by atoms with Crippen LogP contribution in [0.4, 0.5) is 0 Å². The van der Waals surface area contributed by atoms with Gasteiger partial charge in [0.2, 0.25) is 0 Å². The Balaban J connectivity index is 1.76. The molecule has 0 bridgehead atoms. The molecule has 164 valence electrons. The highest BCUT2D eigenvalue weighted by Gasteiger charge is 2.23. The number of rotatable bonds is 8. The topological polar surface area (TPSA) is 73.8 Å². The summed E-state index contributed by atoms with van der Waals surface area (Å²) >= 11 is 0. The number of guanidine groups is 1. The average Bonchev–Trinajstić information content (AvgIpc) is 2.66. The first kappa shape index (κ1) is 23.7. The quantitative estimate of drug-likeness (QED) is 0.498. The van der Waals surface area contributed by atoms with Gasteiger partial charge in [-0.15, -0.1) is 0 Å². The maximum Gasteiger partial charge on any atom is 0.191 e. The van der Waals surface area contributed by atoms with Gasteiger partial charge in [-0.05, 0) is 42.7 Å². The first-order chi connectivity index (χ1) is 13.6. The number of aliphatic imine (C=N–C) groups is 1. The molecule has 0 radical (unpaired) electrons. The molecule has 1 aromatic rings. The molecular formula is C22H38N4O2S. The molecular weight excluding hydrogens is 384 g/mol. The van der Waals surface area contributed by atoms with E-state index in [0.717, 1.165) is 38.4 Å². The summed E-state index contributed by atoms with van der Waals surface area (Å²) in [4.78, 5) is 6.87. The van der Waals surface area contributed by atoms with Crippen molar-refractivity contribution in [3.05, 3.63) is 35.4 Å². The number of likely N-dealkylation sites (tertiary alicyclic amines) is 1. The summed E-state index contributed by atoms with van der Waals surface area (Å²) in [5.41, 5.74) is 2.65. The van der Waals surface area contributed by atoms with E-state index >= 15 is 0 Å². The number of hydrogen-bond donors (Lipinski definition) is 2. The minimum absolute atomic E-state index is 0.113. The average molecular weight is 423 g/mol. The Morgan fingerprint density at radius 2 is 1.90 bits per heavy atom. The molecule has 7 heteroatoms. The Bertz CT molecular complexity index is 782. The van der Waals surface area contributed by atoms with Crippen LogP contribution in [0.15, 0.2) is 29.3 Å². The van der Waals surface area contributed by atoms with Crippen molar-refractivity contribution in [2.75, 3.05) is 38.7 Å². The summed E-state index contributed by atoms with van der Waals surface area (Å²) < 4.78 is 22.9. The molecule has 6 nitrogen and oxygen atoms in total. The minimum atomic E-state index is -2.93. The van der Waals surface area contributed by atoms with E-state index in [1.54, 1.807) is 7.05 Å². The number of aryl methyl sites for hydroxylation is 1. The van der Waals surface area contributed by atoms with E-state index in [-0.39, 0.29) is 11.2 Å². The number of piperidine rings is 1. The van der Waals surface area contributed by atoms with Crippen LogP contribution in [0.3, 0.4) is 0 Å². The van der Waals surface area contributed by atoms with Gasteiger partial charge in [0.1, 0.15) is 9.84 Å². The normalized spacial score (nSPS) is 17.3. The molecule has 0 unspecified atom stereocenters. The summed E-state index contributed by atoms with van der Waals surface area (Å²) in [7, 11) is -1.15. The van der Waals surface area contributed by atoms with Crippen molar-refractivity contribution in [3.63, 3.8) is 0 Å². The molecule has 1 aliphatic heterocycles. The molecule has 0 amide bonds. The predicted octanol–water partition coefficient (Wildman–Crippen LogP) is 2.59. The molecule has 2 N–H and O–H groups in total. The molecule has 1 aromatic carbocycles. The second kappa shape index (κ2) is 10.4. The van der Waals surface area contributed by atoms with Crippen LogP contribution in [0.1, 0.15) is 44.2 Å². The Kier molecular flexibility index (Phi) is 8.52. The molecule has 0 aromatic heterocycles. The fourth-order valence-corrected chi connectivity index (χ4v) is 4.45. The fourth-order valence-electron chi connectivity index (χ4n) is 3.52. The van der Waals surface area contributed by atoms with Gasteiger partial charge in [0.15, 0.2) is 5.96 Å². The van der Waals surface area contributed by atoms with Crippen molar-refractivity contribution in [1.82, 2.24) is 15.5 Å². The van der Waals surface area contributed by atoms with Crippen molar-refractivity contribution in [2.45, 2.75) is 52.6 Å². The first-order valence-corrected chi connectivity index (χ1v) is 12.6. The monoisotopic (exact) mass is 422 g/mol. The largest absolute Gasteiger partial charge is 0.356 e. The van der Waals surface area contributed by atoms with E-state index in [0.29, 0.717) is 19.0 Å². The molecule has 1 fully saturated rings. The van der Waals surface area contributed by atoms with Crippen LogP contribution < -0.4 is 10.6 Å². The molecule has 0 spiro atoms. The van der Waals surface area contributed by atoms with E-state index in [2.05, 4.69) is 65.6 Å². The molecule has 1 heterocycles. The van der Waals surface area contributed by atoms with Gasteiger partial charge in [0.05, 0.1) is 5.75 Å². The van der Waals surface area contributed by atoms with Crippen LogP contribution in [0.2, 0.25) is 0 Å². The summed E-state index contributed by atoms with van der Waals surface area (Å²) in [6.45, 7) is 10.2. The molecule has 1 saturated heterocycles. The molecule has 1 aliphatic rings. The maximum atomic E-state index is 11.4. The lowest BCUT2D eigenvalue weighted by Gasteiger charge is -2.34. The number of benzene rings is 1. The van der Waals surface area contributed by atoms with Crippen molar-refractivity contribution in [2.24, 2.45) is 10.4 Å². The SMILES string of the molecule is CN=C(NCC(C)(C)CCS(C)(=O)=O)NC1CCN(Cc2ccccc2C)CC1. The van der Waals surface area contributed by atoms with Crippen molar-refractivity contribution in [3.8, 4) is 0 Å². The van der Waals surface area contributed by atoms with Crippen molar-refractivity contribution >= 4 is 15.8 Å². The van der Waals surface area contributed by atoms with E-state index in [1.165, 1.54) is 17.4 Å². The molecule has 0 atom stereocenters. The molecule has 2 rings (SSSR count). The van der Waals surface area contributed by atoms with Crippen LogP contribution in [0.5, 0.6) is 0 Å². The van der Waals surface area contributed by atoms with Crippen LogP contribution in [-0.2, 0) is 16.4 Å². The lowest BCUT2D eigenvalue weighted by Crippen LogP contribution is -2.50. The highest BCUT2D eigenvalue weighted by Crippen LogP contribution is 2.20. The van der Waals surface area contributed by atoms with Gasteiger partial charge in [0.25, 0.3) is 0 Å².